The molecule has 1 fully saturated rings. The van der Waals surface area contributed by atoms with Crippen LogP contribution in [0.1, 0.15) is 46.1 Å². The quantitative estimate of drug-likeness (QED) is 0.477. The summed E-state index contributed by atoms with van der Waals surface area (Å²) >= 11 is 0. The third kappa shape index (κ3) is 3.71. The molecule has 0 aliphatic carbocycles. The Balaban J connectivity index is 1.58. The smallest absolute Gasteiger partial charge is 0.275 e. The minimum Gasteiger partial charge on any atom is -0.330 e. The van der Waals surface area contributed by atoms with Crippen molar-refractivity contribution >= 4 is 16.7 Å². The van der Waals surface area contributed by atoms with Crippen LogP contribution in [0.5, 0.6) is 0 Å². The van der Waals surface area contributed by atoms with Gasteiger partial charge < -0.3 is 4.90 Å². The number of benzene rings is 3. The molecule has 5 nitrogen and oxygen atoms in total. The van der Waals surface area contributed by atoms with Crippen molar-refractivity contribution in [3.8, 4) is 0 Å². The van der Waals surface area contributed by atoms with Crippen molar-refractivity contribution in [2.75, 3.05) is 6.54 Å². The number of hydrogen-bond donors (Lipinski definition) is 0. The molecule has 1 unspecified atom stereocenters. The van der Waals surface area contributed by atoms with E-state index in [1.54, 1.807) is 6.07 Å². The molecule has 1 atom stereocenters. The Morgan fingerprint density at radius 2 is 1.62 bits per heavy atom. The van der Waals surface area contributed by atoms with Gasteiger partial charge in [-0.2, -0.15) is 5.10 Å². The Morgan fingerprint density at radius 1 is 0.938 bits per heavy atom. The summed E-state index contributed by atoms with van der Waals surface area (Å²) in [5.74, 6) is -0.119. The van der Waals surface area contributed by atoms with E-state index in [4.69, 9.17) is 0 Å². The molecule has 4 aromatic rings. The zero-order valence-electron chi connectivity index (χ0n) is 18.1. The third-order valence-electron chi connectivity index (χ3n) is 6.22. The molecule has 0 saturated carbocycles. The van der Waals surface area contributed by atoms with Gasteiger partial charge in [0.1, 0.15) is 0 Å². The lowest BCUT2D eigenvalue weighted by Crippen LogP contribution is -2.34. The van der Waals surface area contributed by atoms with E-state index in [1.165, 1.54) is 10.2 Å². The molecule has 3 aromatic carbocycles. The van der Waals surface area contributed by atoms with Crippen LogP contribution < -0.4 is 5.56 Å². The summed E-state index contributed by atoms with van der Waals surface area (Å²) in [6.07, 6.45) is 1.88. The van der Waals surface area contributed by atoms with E-state index < -0.39 is 0 Å². The van der Waals surface area contributed by atoms with E-state index in [2.05, 4.69) is 36.3 Å². The van der Waals surface area contributed by atoms with Gasteiger partial charge in [0.2, 0.25) is 0 Å². The molecule has 0 bridgehead atoms. The maximum absolute atomic E-state index is 13.8. The van der Waals surface area contributed by atoms with Gasteiger partial charge in [-0.15, -0.1) is 0 Å². The Kier molecular flexibility index (Phi) is 5.31. The average molecular weight is 424 g/mol. The molecule has 32 heavy (non-hydrogen) atoms. The molecular formula is C27H25N3O2. The number of carbonyl (C=O) groups excluding carboxylic acids is 1. The van der Waals surface area contributed by atoms with Crippen LogP contribution in [0.15, 0.2) is 83.7 Å². The second-order valence-corrected chi connectivity index (χ2v) is 8.41. The Bertz CT molecular complexity index is 1330. The summed E-state index contributed by atoms with van der Waals surface area (Å²) in [5, 5.41) is 5.73. The van der Waals surface area contributed by atoms with Gasteiger partial charge in [0.15, 0.2) is 5.69 Å². The lowest BCUT2D eigenvalue weighted by molar-refractivity contribution is 0.0729. The largest absolute Gasteiger partial charge is 0.330 e. The average Bonchev–Trinajstić information content (AvgIpc) is 3.32. The van der Waals surface area contributed by atoms with Crippen LogP contribution in [0, 0.1) is 6.92 Å². The van der Waals surface area contributed by atoms with Gasteiger partial charge in [0, 0.05) is 11.9 Å². The number of fused-ring (bicyclic) bond motifs is 1. The summed E-state index contributed by atoms with van der Waals surface area (Å²) in [7, 11) is 0. The lowest BCUT2D eigenvalue weighted by atomic mass is 10.0. The van der Waals surface area contributed by atoms with Crippen LogP contribution in [0.2, 0.25) is 0 Å². The van der Waals surface area contributed by atoms with Crippen LogP contribution in [-0.4, -0.2) is 27.1 Å². The number of likely N-dealkylation sites (tertiary alicyclic amines) is 1. The van der Waals surface area contributed by atoms with Crippen molar-refractivity contribution < 1.29 is 4.79 Å². The molecular weight excluding hydrogens is 398 g/mol. The van der Waals surface area contributed by atoms with E-state index in [0.29, 0.717) is 29.6 Å². The van der Waals surface area contributed by atoms with E-state index in [9.17, 15) is 9.59 Å². The molecule has 5 heteroatoms. The minimum atomic E-state index is -0.183. The fourth-order valence-corrected chi connectivity index (χ4v) is 4.54. The Morgan fingerprint density at radius 3 is 2.38 bits per heavy atom. The first-order valence-electron chi connectivity index (χ1n) is 11.0. The van der Waals surface area contributed by atoms with Gasteiger partial charge in [-0.05, 0) is 37.0 Å². The van der Waals surface area contributed by atoms with Crippen LogP contribution in [0.3, 0.4) is 0 Å². The summed E-state index contributed by atoms with van der Waals surface area (Å²) in [6, 6.07) is 25.4. The highest BCUT2D eigenvalue weighted by atomic mass is 16.2. The maximum Gasteiger partial charge on any atom is 0.275 e. The van der Waals surface area contributed by atoms with Crippen molar-refractivity contribution in [3.05, 3.63) is 112 Å². The highest BCUT2D eigenvalue weighted by Crippen LogP contribution is 2.33. The van der Waals surface area contributed by atoms with E-state index >= 15 is 0 Å². The van der Waals surface area contributed by atoms with Crippen LogP contribution in [0.4, 0.5) is 0 Å². The molecule has 1 saturated heterocycles. The summed E-state index contributed by atoms with van der Waals surface area (Å²) < 4.78 is 1.42. The highest BCUT2D eigenvalue weighted by molar-refractivity contribution is 6.05. The number of rotatable bonds is 4. The molecule has 1 amide bonds. The lowest BCUT2D eigenvalue weighted by Gasteiger charge is -2.25. The monoisotopic (exact) mass is 423 g/mol. The van der Waals surface area contributed by atoms with E-state index in [1.807, 2.05) is 53.4 Å². The fraction of sp³-hybridized carbons (Fsp3) is 0.222. The molecule has 160 valence electrons. The van der Waals surface area contributed by atoms with Crippen LogP contribution in [0.25, 0.3) is 10.8 Å². The molecule has 0 N–H and O–H groups in total. The van der Waals surface area contributed by atoms with Gasteiger partial charge in [-0.1, -0.05) is 78.4 Å². The van der Waals surface area contributed by atoms with Gasteiger partial charge in [-0.25, -0.2) is 4.68 Å². The predicted molar refractivity (Wildman–Crippen MR) is 126 cm³/mol. The first-order chi connectivity index (χ1) is 15.6. The van der Waals surface area contributed by atoms with E-state index in [0.717, 1.165) is 24.0 Å². The molecule has 1 aliphatic rings. The standard InChI is InChI=1S/C27H25N3O2/c1-19-13-15-21(16-14-19)24-12-7-17-29(24)27(32)25-22-10-5-6-11-23(22)26(31)30(28-25)18-20-8-3-2-4-9-20/h2-6,8-11,13-16,24H,7,12,17-18H2,1H3. The molecule has 0 radical (unpaired) electrons. The first-order valence-corrected chi connectivity index (χ1v) is 11.0. The second kappa shape index (κ2) is 8.42. The van der Waals surface area contributed by atoms with Gasteiger partial charge >= 0.3 is 0 Å². The van der Waals surface area contributed by atoms with Crippen molar-refractivity contribution in [1.29, 1.82) is 0 Å². The fourth-order valence-electron chi connectivity index (χ4n) is 4.54. The zero-order chi connectivity index (χ0) is 22.1. The Hall–Kier alpha value is -3.73. The predicted octanol–water partition coefficient (Wildman–Crippen LogP) is 4.73. The molecule has 0 spiro atoms. The number of nitrogens with zero attached hydrogens (tertiary/aromatic N) is 3. The summed E-state index contributed by atoms with van der Waals surface area (Å²) in [6.45, 7) is 3.07. The van der Waals surface area contributed by atoms with Crippen molar-refractivity contribution in [3.63, 3.8) is 0 Å². The van der Waals surface area contributed by atoms with Crippen molar-refractivity contribution in [2.24, 2.45) is 0 Å². The normalized spacial score (nSPS) is 15.9. The molecule has 1 aromatic heterocycles. The Labute approximate surface area is 186 Å². The molecule has 2 heterocycles. The maximum atomic E-state index is 13.8. The van der Waals surface area contributed by atoms with Crippen LogP contribution in [-0.2, 0) is 6.54 Å². The number of amides is 1. The third-order valence-corrected chi connectivity index (χ3v) is 6.22. The minimum absolute atomic E-state index is 0.0261. The number of carbonyl (C=O) groups is 1. The van der Waals surface area contributed by atoms with Crippen LogP contribution >= 0.6 is 0 Å². The first kappa shape index (κ1) is 20.2. The van der Waals surface area contributed by atoms with E-state index in [-0.39, 0.29) is 17.5 Å². The number of hydrogen-bond acceptors (Lipinski definition) is 3. The van der Waals surface area contributed by atoms with Gasteiger partial charge in [0.05, 0.1) is 18.0 Å². The SMILES string of the molecule is Cc1ccc(C2CCCN2C(=O)c2nn(Cc3ccccc3)c(=O)c3ccccc23)cc1. The van der Waals surface area contributed by atoms with Crippen molar-refractivity contribution in [2.45, 2.75) is 32.4 Å². The van der Waals surface area contributed by atoms with Gasteiger partial charge in [-0.3, -0.25) is 9.59 Å². The number of aromatic nitrogens is 2. The highest BCUT2D eigenvalue weighted by Gasteiger charge is 2.32. The second-order valence-electron chi connectivity index (χ2n) is 8.41. The number of aryl methyl sites for hydroxylation is 1. The summed E-state index contributed by atoms with van der Waals surface area (Å²) in [4.78, 5) is 28.8. The van der Waals surface area contributed by atoms with Crippen molar-refractivity contribution in [1.82, 2.24) is 14.7 Å². The molecule has 1 aliphatic heterocycles. The molecule has 5 rings (SSSR count). The summed E-state index contributed by atoms with van der Waals surface area (Å²) in [5.41, 5.74) is 3.47. The van der Waals surface area contributed by atoms with Gasteiger partial charge in [0.25, 0.3) is 11.5 Å². The topological polar surface area (TPSA) is 55.2 Å². The zero-order valence-corrected chi connectivity index (χ0v) is 18.1.